The molecular weight excluding hydrogens is 276 g/mol. The van der Waals surface area contributed by atoms with Gasteiger partial charge in [-0.3, -0.25) is 0 Å². The standard InChI is InChI=1S/C23H22/c1-17-10-12-18(13-11-17)14-15-20-16-19-6-2-3-7-21(19)23-9-5-4-8-22(20)23/h2-13,20H,14-16H2,1H3. The van der Waals surface area contributed by atoms with Crippen LogP contribution in [-0.2, 0) is 12.8 Å². The van der Waals surface area contributed by atoms with Crippen molar-refractivity contribution < 1.29 is 0 Å². The van der Waals surface area contributed by atoms with Crippen LogP contribution < -0.4 is 0 Å². The fourth-order valence-electron chi connectivity index (χ4n) is 3.79. The second-order valence-electron chi connectivity index (χ2n) is 6.67. The van der Waals surface area contributed by atoms with Gasteiger partial charge < -0.3 is 0 Å². The number of fused-ring (bicyclic) bond motifs is 3. The minimum absolute atomic E-state index is 0.627. The first kappa shape index (κ1) is 14.3. The zero-order chi connectivity index (χ0) is 15.6. The minimum atomic E-state index is 0.627. The van der Waals surface area contributed by atoms with Crippen LogP contribution in [-0.4, -0.2) is 0 Å². The maximum Gasteiger partial charge on any atom is -0.0112 e. The lowest BCUT2D eigenvalue weighted by atomic mass is 9.76. The summed E-state index contributed by atoms with van der Waals surface area (Å²) >= 11 is 0. The van der Waals surface area contributed by atoms with E-state index >= 15 is 0 Å². The molecule has 0 amide bonds. The van der Waals surface area contributed by atoms with Crippen molar-refractivity contribution in [1.82, 2.24) is 0 Å². The molecule has 1 unspecified atom stereocenters. The van der Waals surface area contributed by atoms with Crippen LogP contribution in [0.1, 0.15) is 34.6 Å². The summed E-state index contributed by atoms with van der Waals surface area (Å²) in [7, 11) is 0. The molecule has 3 aromatic carbocycles. The lowest BCUT2D eigenvalue weighted by Crippen LogP contribution is -2.12. The van der Waals surface area contributed by atoms with Crippen molar-refractivity contribution >= 4 is 0 Å². The molecule has 1 aliphatic rings. The van der Waals surface area contributed by atoms with Gasteiger partial charge in [-0.1, -0.05) is 78.4 Å². The Morgan fingerprint density at radius 2 is 1.48 bits per heavy atom. The molecule has 0 heterocycles. The third-order valence-electron chi connectivity index (χ3n) is 5.08. The van der Waals surface area contributed by atoms with E-state index in [1.54, 1.807) is 0 Å². The van der Waals surface area contributed by atoms with E-state index in [0.717, 1.165) is 6.42 Å². The quantitative estimate of drug-likeness (QED) is 0.562. The van der Waals surface area contributed by atoms with Gasteiger partial charge in [0.15, 0.2) is 0 Å². The monoisotopic (exact) mass is 298 g/mol. The number of hydrogen-bond acceptors (Lipinski definition) is 0. The maximum absolute atomic E-state index is 2.32. The molecule has 0 radical (unpaired) electrons. The average molecular weight is 298 g/mol. The summed E-state index contributed by atoms with van der Waals surface area (Å²) in [6.45, 7) is 2.15. The molecule has 1 aliphatic carbocycles. The Morgan fingerprint density at radius 3 is 2.30 bits per heavy atom. The molecule has 0 nitrogen and oxygen atoms in total. The van der Waals surface area contributed by atoms with Gasteiger partial charge in [0, 0.05) is 0 Å². The summed E-state index contributed by atoms with van der Waals surface area (Å²) in [5.41, 5.74) is 8.67. The van der Waals surface area contributed by atoms with E-state index in [1.165, 1.54) is 46.2 Å². The normalized spacial score (nSPS) is 15.8. The van der Waals surface area contributed by atoms with Crippen LogP contribution in [0.25, 0.3) is 11.1 Å². The lowest BCUT2D eigenvalue weighted by molar-refractivity contribution is 0.616. The predicted octanol–water partition coefficient (Wildman–Crippen LogP) is 5.93. The molecule has 0 heteroatoms. The van der Waals surface area contributed by atoms with Crippen molar-refractivity contribution in [3.05, 3.63) is 95.1 Å². The average Bonchev–Trinajstić information content (AvgIpc) is 2.61. The number of hydrogen-bond donors (Lipinski definition) is 0. The Balaban J connectivity index is 1.61. The fraction of sp³-hybridized carbons (Fsp3) is 0.217. The Labute approximate surface area is 138 Å². The molecule has 4 rings (SSSR count). The molecule has 0 aromatic heterocycles. The maximum atomic E-state index is 2.32. The highest BCUT2D eigenvalue weighted by Gasteiger charge is 2.23. The van der Waals surface area contributed by atoms with E-state index in [2.05, 4.69) is 79.7 Å². The van der Waals surface area contributed by atoms with E-state index in [4.69, 9.17) is 0 Å². The minimum Gasteiger partial charge on any atom is -0.0620 e. The summed E-state index contributed by atoms with van der Waals surface area (Å²) in [5.74, 6) is 0.627. The van der Waals surface area contributed by atoms with Crippen LogP contribution in [0, 0.1) is 6.92 Å². The summed E-state index contributed by atoms with van der Waals surface area (Å²) < 4.78 is 0. The summed E-state index contributed by atoms with van der Waals surface area (Å²) in [4.78, 5) is 0. The molecule has 0 saturated heterocycles. The Bertz CT molecular complexity index is 811. The molecule has 3 aromatic rings. The molecule has 0 spiro atoms. The van der Waals surface area contributed by atoms with E-state index in [0.29, 0.717) is 5.92 Å². The highest BCUT2D eigenvalue weighted by Crippen LogP contribution is 2.41. The van der Waals surface area contributed by atoms with Gasteiger partial charge in [-0.15, -0.1) is 0 Å². The smallest absolute Gasteiger partial charge is 0.0112 e. The Morgan fingerprint density at radius 1 is 0.783 bits per heavy atom. The van der Waals surface area contributed by atoms with Crippen LogP contribution in [0.4, 0.5) is 0 Å². The van der Waals surface area contributed by atoms with Gasteiger partial charge >= 0.3 is 0 Å². The first-order valence-electron chi connectivity index (χ1n) is 8.54. The Kier molecular flexibility index (Phi) is 3.75. The molecule has 114 valence electrons. The van der Waals surface area contributed by atoms with Gasteiger partial charge in [0.05, 0.1) is 0 Å². The second-order valence-corrected chi connectivity index (χ2v) is 6.67. The molecular formula is C23H22. The third kappa shape index (κ3) is 2.82. The Hall–Kier alpha value is -2.34. The van der Waals surface area contributed by atoms with Crippen molar-refractivity contribution in [2.75, 3.05) is 0 Å². The van der Waals surface area contributed by atoms with Gasteiger partial charge in [0.1, 0.15) is 0 Å². The van der Waals surface area contributed by atoms with E-state index < -0.39 is 0 Å². The third-order valence-corrected chi connectivity index (χ3v) is 5.08. The van der Waals surface area contributed by atoms with E-state index in [9.17, 15) is 0 Å². The summed E-state index contributed by atoms with van der Waals surface area (Å²) in [6.07, 6.45) is 3.54. The topological polar surface area (TPSA) is 0 Å². The molecule has 1 atom stereocenters. The van der Waals surface area contributed by atoms with Crippen LogP contribution in [0.3, 0.4) is 0 Å². The summed E-state index contributed by atoms with van der Waals surface area (Å²) in [6, 6.07) is 26.8. The molecule has 0 saturated carbocycles. The van der Waals surface area contributed by atoms with Crippen molar-refractivity contribution in [2.45, 2.75) is 32.1 Å². The number of rotatable bonds is 3. The van der Waals surface area contributed by atoms with Gasteiger partial charge in [-0.05, 0) is 59.9 Å². The first-order chi connectivity index (χ1) is 11.3. The zero-order valence-corrected chi connectivity index (χ0v) is 13.6. The van der Waals surface area contributed by atoms with E-state index in [1.807, 2.05) is 0 Å². The van der Waals surface area contributed by atoms with Crippen LogP contribution in [0.2, 0.25) is 0 Å². The van der Waals surface area contributed by atoms with Crippen molar-refractivity contribution in [2.24, 2.45) is 0 Å². The van der Waals surface area contributed by atoms with Gasteiger partial charge in [-0.25, -0.2) is 0 Å². The lowest BCUT2D eigenvalue weighted by Gasteiger charge is -2.28. The summed E-state index contributed by atoms with van der Waals surface area (Å²) in [5, 5.41) is 0. The van der Waals surface area contributed by atoms with Crippen LogP contribution >= 0.6 is 0 Å². The van der Waals surface area contributed by atoms with Crippen molar-refractivity contribution in [3.63, 3.8) is 0 Å². The van der Waals surface area contributed by atoms with Gasteiger partial charge in [0.25, 0.3) is 0 Å². The highest BCUT2D eigenvalue weighted by atomic mass is 14.3. The SMILES string of the molecule is Cc1ccc(CCC2Cc3ccccc3-c3ccccc32)cc1. The molecule has 0 bridgehead atoms. The van der Waals surface area contributed by atoms with Gasteiger partial charge in [0.2, 0.25) is 0 Å². The second kappa shape index (κ2) is 6.04. The van der Waals surface area contributed by atoms with Gasteiger partial charge in [-0.2, -0.15) is 0 Å². The molecule has 0 fully saturated rings. The highest BCUT2D eigenvalue weighted by molar-refractivity contribution is 5.73. The predicted molar refractivity (Wildman–Crippen MR) is 97.8 cm³/mol. The number of aryl methyl sites for hydroxylation is 2. The first-order valence-corrected chi connectivity index (χ1v) is 8.54. The molecule has 0 aliphatic heterocycles. The number of benzene rings is 3. The van der Waals surface area contributed by atoms with E-state index in [-0.39, 0.29) is 0 Å². The fourth-order valence-corrected chi connectivity index (χ4v) is 3.79. The largest absolute Gasteiger partial charge is 0.0620 e. The molecule has 0 N–H and O–H groups in total. The zero-order valence-electron chi connectivity index (χ0n) is 13.6. The van der Waals surface area contributed by atoms with Crippen LogP contribution in [0.15, 0.2) is 72.8 Å². The molecule has 23 heavy (non-hydrogen) atoms. The van der Waals surface area contributed by atoms with Crippen molar-refractivity contribution in [3.8, 4) is 11.1 Å². The van der Waals surface area contributed by atoms with Crippen LogP contribution in [0.5, 0.6) is 0 Å². The van der Waals surface area contributed by atoms with Crippen molar-refractivity contribution in [1.29, 1.82) is 0 Å².